The van der Waals surface area contributed by atoms with Gasteiger partial charge in [-0.1, -0.05) is 41.4 Å². The quantitative estimate of drug-likeness (QED) is 0.506. The normalized spacial score (nSPS) is 28.0. The third-order valence-corrected chi connectivity index (χ3v) is 7.56. The van der Waals surface area contributed by atoms with Crippen molar-refractivity contribution < 1.29 is 23.9 Å². The van der Waals surface area contributed by atoms with Gasteiger partial charge in [0.15, 0.2) is 0 Å². The molecule has 3 fully saturated rings. The summed E-state index contributed by atoms with van der Waals surface area (Å²) < 4.78 is 5.21. The molecule has 0 radical (unpaired) electrons. The third kappa shape index (κ3) is 3.54. The van der Waals surface area contributed by atoms with Crippen LogP contribution >= 0.6 is 11.6 Å². The van der Waals surface area contributed by atoms with E-state index >= 15 is 0 Å². The molecule has 35 heavy (non-hydrogen) atoms. The van der Waals surface area contributed by atoms with Gasteiger partial charge in [0, 0.05) is 24.2 Å². The molecule has 5 rings (SSSR count). The minimum Gasteiger partial charge on any atom is -0.466 e. The Balaban J connectivity index is 1.69. The number of halogens is 1. The summed E-state index contributed by atoms with van der Waals surface area (Å²) in [6, 6.07) is 13.6. The number of hydrogen-bond donors (Lipinski definition) is 1. The van der Waals surface area contributed by atoms with E-state index in [1.807, 2.05) is 36.1 Å². The molecule has 2 aromatic carbocycles. The second kappa shape index (κ2) is 8.77. The lowest BCUT2D eigenvalue weighted by Gasteiger charge is -2.45. The molecule has 2 aromatic rings. The largest absolute Gasteiger partial charge is 0.466 e. The number of amides is 3. The minimum atomic E-state index is -1.54. The number of ether oxygens (including phenoxy) is 1. The predicted octanol–water partition coefficient (Wildman–Crippen LogP) is 2.63. The molecular weight excluding hydrogens is 470 g/mol. The van der Waals surface area contributed by atoms with Gasteiger partial charge in [-0.05, 0) is 43.7 Å². The molecule has 3 aliphatic heterocycles. The lowest BCUT2D eigenvalue weighted by Crippen LogP contribution is -2.67. The lowest BCUT2D eigenvalue weighted by atomic mass is 9.76. The molecule has 182 valence electrons. The highest BCUT2D eigenvalue weighted by molar-refractivity contribution is 6.30. The van der Waals surface area contributed by atoms with Crippen molar-refractivity contribution in [2.75, 3.05) is 24.6 Å². The van der Waals surface area contributed by atoms with Crippen LogP contribution in [0.1, 0.15) is 30.5 Å². The van der Waals surface area contributed by atoms with Crippen molar-refractivity contribution in [1.82, 2.24) is 10.2 Å². The van der Waals surface area contributed by atoms with Crippen molar-refractivity contribution in [2.45, 2.75) is 31.8 Å². The maximum Gasteiger partial charge on any atom is 0.308 e. The van der Waals surface area contributed by atoms with Crippen LogP contribution < -0.4 is 10.2 Å². The smallest absolute Gasteiger partial charge is 0.308 e. The van der Waals surface area contributed by atoms with Gasteiger partial charge in [-0.15, -0.1) is 0 Å². The fourth-order valence-electron chi connectivity index (χ4n) is 5.90. The van der Waals surface area contributed by atoms with Gasteiger partial charge in [-0.3, -0.25) is 24.1 Å². The van der Waals surface area contributed by atoms with E-state index in [1.54, 1.807) is 31.2 Å². The van der Waals surface area contributed by atoms with Crippen molar-refractivity contribution >= 4 is 41.0 Å². The molecule has 9 heteroatoms. The molecule has 3 aliphatic rings. The van der Waals surface area contributed by atoms with Crippen LogP contribution in [0.5, 0.6) is 0 Å². The van der Waals surface area contributed by atoms with Crippen molar-refractivity contribution in [3.05, 3.63) is 64.7 Å². The molecule has 0 saturated carbocycles. The Labute approximate surface area is 208 Å². The van der Waals surface area contributed by atoms with Crippen LogP contribution in [0.2, 0.25) is 5.02 Å². The van der Waals surface area contributed by atoms with E-state index in [0.29, 0.717) is 23.8 Å². The summed E-state index contributed by atoms with van der Waals surface area (Å²) in [5.74, 6) is -3.76. The number of anilines is 1. The Morgan fingerprint density at radius 2 is 1.77 bits per heavy atom. The summed E-state index contributed by atoms with van der Waals surface area (Å²) >= 11 is 6.12. The van der Waals surface area contributed by atoms with E-state index in [9.17, 15) is 19.2 Å². The zero-order chi connectivity index (χ0) is 24.9. The van der Waals surface area contributed by atoms with Crippen molar-refractivity contribution in [3.63, 3.8) is 0 Å². The molecule has 0 bridgehead atoms. The maximum atomic E-state index is 14.0. The highest BCUT2D eigenvalue weighted by atomic mass is 35.5. The van der Waals surface area contributed by atoms with E-state index in [0.717, 1.165) is 11.1 Å². The van der Waals surface area contributed by atoms with Gasteiger partial charge in [0.2, 0.25) is 17.7 Å². The third-order valence-electron chi connectivity index (χ3n) is 7.31. The van der Waals surface area contributed by atoms with E-state index in [4.69, 9.17) is 16.3 Å². The first-order valence-corrected chi connectivity index (χ1v) is 12.1. The Bertz CT molecular complexity index is 1200. The number of nitrogens with one attached hydrogen (secondary N) is 1. The van der Waals surface area contributed by atoms with Crippen LogP contribution in [-0.2, 0) is 23.9 Å². The van der Waals surface area contributed by atoms with Crippen LogP contribution in [0.4, 0.5) is 5.69 Å². The second-order valence-electron chi connectivity index (χ2n) is 9.20. The maximum absolute atomic E-state index is 14.0. The van der Waals surface area contributed by atoms with Crippen LogP contribution in [0, 0.1) is 18.8 Å². The zero-order valence-corrected chi connectivity index (χ0v) is 20.2. The number of benzene rings is 2. The number of imide groups is 1. The fourth-order valence-corrected chi connectivity index (χ4v) is 6.03. The number of hydrogen-bond acceptors (Lipinski definition) is 6. The van der Waals surface area contributed by atoms with Crippen molar-refractivity contribution in [3.8, 4) is 0 Å². The number of rotatable bonds is 5. The van der Waals surface area contributed by atoms with Gasteiger partial charge in [0.1, 0.15) is 5.54 Å². The standard InChI is InChI=1S/C26H26ClN3O5/c1-3-35-19(31)14-26-21-20(23(32)30(24(21)33)18-10-4-15(2)5-11-18)22(16-6-8-17(27)9-7-16)29(26)13-12-28-25(26)34/h4-11,20-22H,3,12-14H2,1-2H3,(H,28,34)/t20-,21-,22-,26+/m1/s1. The predicted molar refractivity (Wildman–Crippen MR) is 129 cm³/mol. The average molecular weight is 496 g/mol. The van der Waals surface area contributed by atoms with Gasteiger partial charge < -0.3 is 10.1 Å². The van der Waals surface area contributed by atoms with Crippen LogP contribution in [0.3, 0.4) is 0 Å². The summed E-state index contributed by atoms with van der Waals surface area (Å²) in [7, 11) is 0. The average Bonchev–Trinajstić information content (AvgIpc) is 3.26. The zero-order valence-electron chi connectivity index (χ0n) is 19.5. The molecule has 3 saturated heterocycles. The number of aryl methyl sites for hydroxylation is 1. The lowest BCUT2D eigenvalue weighted by molar-refractivity contribution is -0.156. The van der Waals surface area contributed by atoms with Gasteiger partial charge >= 0.3 is 5.97 Å². The molecule has 8 nitrogen and oxygen atoms in total. The molecule has 3 heterocycles. The molecule has 0 aromatic heterocycles. The monoisotopic (exact) mass is 495 g/mol. The number of piperazine rings is 1. The number of carbonyl (C=O) groups is 4. The van der Waals surface area contributed by atoms with Gasteiger partial charge in [0.25, 0.3) is 0 Å². The van der Waals surface area contributed by atoms with E-state index in [1.165, 1.54) is 4.90 Å². The van der Waals surface area contributed by atoms with Crippen LogP contribution in [-0.4, -0.2) is 53.8 Å². The summed E-state index contributed by atoms with van der Waals surface area (Å²) in [4.78, 5) is 57.3. The number of esters is 1. The molecular formula is C26H26ClN3O5. The molecule has 4 atom stereocenters. The van der Waals surface area contributed by atoms with Crippen LogP contribution in [0.15, 0.2) is 48.5 Å². The van der Waals surface area contributed by atoms with Crippen molar-refractivity contribution in [1.29, 1.82) is 0 Å². The summed E-state index contributed by atoms with van der Waals surface area (Å²) in [5, 5.41) is 3.38. The SMILES string of the molecule is CCOC(=O)C[C@]12C(=O)NCCN1[C@H](c1ccc(Cl)cc1)[C@@H]1C(=O)N(c3ccc(C)cc3)C(=O)[C@@H]12. The highest BCUT2D eigenvalue weighted by Gasteiger charge is 2.73. The number of carbonyl (C=O) groups excluding carboxylic acids is 4. The molecule has 1 N–H and O–H groups in total. The van der Waals surface area contributed by atoms with Gasteiger partial charge in [0.05, 0.1) is 30.6 Å². The molecule has 0 unspecified atom stereocenters. The summed E-state index contributed by atoms with van der Waals surface area (Å²) in [6.45, 7) is 4.48. The van der Waals surface area contributed by atoms with E-state index < -0.39 is 41.2 Å². The second-order valence-corrected chi connectivity index (χ2v) is 9.64. The summed E-state index contributed by atoms with van der Waals surface area (Å²) in [5.41, 5.74) is 0.662. The number of nitrogens with zero attached hydrogens (tertiary/aromatic N) is 2. The first kappa shape index (κ1) is 23.5. The van der Waals surface area contributed by atoms with Crippen molar-refractivity contribution in [2.24, 2.45) is 11.8 Å². The van der Waals surface area contributed by atoms with Crippen LogP contribution in [0.25, 0.3) is 0 Å². The molecule has 0 aliphatic carbocycles. The first-order chi connectivity index (χ1) is 16.8. The summed E-state index contributed by atoms with van der Waals surface area (Å²) in [6.07, 6.45) is -0.321. The highest BCUT2D eigenvalue weighted by Crippen LogP contribution is 2.57. The molecule has 0 spiro atoms. The molecule has 3 amide bonds. The van der Waals surface area contributed by atoms with Gasteiger partial charge in [-0.2, -0.15) is 0 Å². The van der Waals surface area contributed by atoms with Gasteiger partial charge in [-0.25, -0.2) is 4.90 Å². The minimum absolute atomic E-state index is 0.146. The Hall–Kier alpha value is -3.23. The Morgan fingerprint density at radius 1 is 1.09 bits per heavy atom. The Morgan fingerprint density at radius 3 is 2.43 bits per heavy atom. The first-order valence-electron chi connectivity index (χ1n) is 11.7. The topological polar surface area (TPSA) is 96.0 Å². The van der Waals surface area contributed by atoms with E-state index in [-0.39, 0.29) is 18.9 Å². The fraction of sp³-hybridized carbons (Fsp3) is 0.385. The van der Waals surface area contributed by atoms with E-state index in [2.05, 4.69) is 5.32 Å². The number of fused-ring (bicyclic) bond motifs is 3. The Kier molecular flexibility index (Phi) is 5.89.